The third kappa shape index (κ3) is 1.94. The summed E-state index contributed by atoms with van der Waals surface area (Å²) in [5.74, 6) is 1.00. The molecule has 0 aliphatic carbocycles. The third-order valence-corrected chi connectivity index (χ3v) is 3.15. The Morgan fingerprint density at radius 2 is 1.68 bits per heavy atom. The van der Waals surface area contributed by atoms with Gasteiger partial charge in [0.1, 0.15) is 17.6 Å². The van der Waals surface area contributed by atoms with E-state index in [0.717, 1.165) is 5.56 Å². The van der Waals surface area contributed by atoms with Crippen molar-refractivity contribution < 1.29 is 14.6 Å². The van der Waals surface area contributed by atoms with Gasteiger partial charge in [0.15, 0.2) is 6.29 Å². The van der Waals surface area contributed by atoms with Gasteiger partial charge in [-0.25, -0.2) is 0 Å². The summed E-state index contributed by atoms with van der Waals surface area (Å²) < 4.78 is 5.78. The van der Waals surface area contributed by atoms with E-state index >= 15 is 0 Å². The molecular formula is C16H12O3. The molecule has 19 heavy (non-hydrogen) atoms. The molecule has 1 atom stereocenters. The molecule has 1 N–H and O–H groups in total. The van der Waals surface area contributed by atoms with Crippen molar-refractivity contribution >= 4 is 12.0 Å². The SMILES string of the molecule is O=CC1=C(c2ccccc2)Oc2ccccc2[C@H]1O. The van der Waals surface area contributed by atoms with Gasteiger partial charge in [0.2, 0.25) is 0 Å². The molecule has 3 heteroatoms. The summed E-state index contributed by atoms with van der Waals surface area (Å²) in [5.41, 5.74) is 1.65. The summed E-state index contributed by atoms with van der Waals surface area (Å²) in [7, 11) is 0. The van der Waals surface area contributed by atoms with E-state index in [-0.39, 0.29) is 5.57 Å². The molecule has 0 bridgehead atoms. The average molecular weight is 252 g/mol. The van der Waals surface area contributed by atoms with Gasteiger partial charge < -0.3 is 9.84 Å². The Morgan fingerprint density at radius 3 is 2.42 bits per heavy atom. The third-order valence-electron chi connectivity index (χ3n) is 3.15. The highest BCUT2D eigenvalue weighted by atomic mass is 16.5. The Balaban J connectivity index is 2.16. The fourth-order valence-electron chi connectivity index (χ4n) is 2.19. The smallest absolute Gasteiger partial charge is 0.152 e. The van der Waals surface area contributed by atoms with Crippen molar-refractivity contribution in [2.75, 3.05) is 0 Å². The molecule has 1 aliphatic heterocycles. The van der Waals surface area contributed by atoms with Gasteiger partial charge in [-0.15, -0.1) is 0 Å². The highest BCUT2D eigenvalue weighted by Crippen LogP contribution is 2.39. The van der Waals surface area contributed by atoms with Crippen LogP contribution in [0.1, 0.15) is 17.2 Å². The van der Waals surface area contributed by atoms with Gasteiger partial charge in [0.05, 0.1) is 5.57 Å². The summed E-state index contributed by atoms with van der Waals surface area (Å²) in [6, 6.07) is 16.5. The maximum atomic E-state index is 11.3. The molecule has 0 radical (unpaired) electrons. The van der Waals surface area contributed by atoms with E-state index in [9.17, 15) is 9.90 Å². The number of aliphatic hydroxyl groups is 1. The second kappa shape index (κ2) is 4.71. The minimum atomic E-state index is -0.947. The Bertz CT molecular complexity index is 644. The molecule has 0 unspecified atom stereocenters. The number of hydrogen-bond acceptors (Lipinski definition) is 3. The van der Waals surface area contributed by atoms with Crippen molar-refractivity contribution in [2.45, 2.75) is 6.10 Å². The molecule has 0 saturated heterocycles. The molecule has 1 aliphatic rings. The topological polar surface area (TPSA) is 46.5 Å². The number of para-hydroxylation sites is 1. The predicted octanol–water partition coefficient (Wildman–Crippen LogP) is 2.72. The minimum Gasteiger partial charge on any atom is -0.456 e. The Kier molecular flexibility index (Phi) is 2.89. The van der Waals surface area contributed by atoms with E-state index < -0.39 is 6.10 Å². The van der Waals surface area contributed by atoms with Crippen LogP contribution in [0.25, 0.3) is 5.76 Å². The zero-order valence-electron chi connectivity index (χ0n) is 10.1. The van der Waals surface area contributed by atoms with Gasteiger partial charge in [0.25, 0.3) is 0 Å². The number of carbonyl (C=O) groups is 1. The van der Waals surface area contributed by atoms with E-state index in [1.54, 1.807) is 18.2 Å². The number of aldehydes is 1. The molecule has 94 valence electrons. The molecule has 3 nitrogen and oxygen atoms in total. The van der Waals surface area contributed by atoms with Gasteiger partial charge in [-0.05, 0) is 6.07 Å². The first-order chi connectivity index (χ1) is 9.31. The van der Waals surface area contributed by atoms with E-state index in [1.165, 1.54) is 0 Å². The first-order valence-corrected chi connectivity index (χ1v) is 6.01. The number of benzene rings is 2. The van der Waals surface area contributed by atoms with Gasteiger partial charge in [-0.2, -0.15) is 0 Å². The second-order valence-corrected chi connectivity index (χ2v) is 4.31. The van der Waals surface area contributed by atoms with Crippen molar-refractivity contribution in [3.8, 4) is 5.75 Å². The summed E-state index contributed by atoms with van der Waals surface area (Å²) in [6.07, 6.45) is -0.291. The lowest BCUT2D eigenvalue weighted by molar-refractivity contribution is -0.105. The molecular weight excluding hydrogens is 240 g/mol. The summed E-state index contributed by atoms with van der Waals surface area (Å²) in [6.45, 7) is 0. The standard InChI is InChI=1S/C16H12O3/c17-10-13-15(18)12-8-4-5-9-14(12)19-16(13)11-6-2-1-3-7-11/h1-10,15,18H/t15-/m1/s1. The van der Waals surface area contributed by atoms with Crippen LogP contribution in [-0.4, -0.2) is 11.4 Å². The molecule has 0 saturated carbocycles. The first kappa shape index (κ1) is 11.7. The molecule has 0 amide bonds. The van der Waals surface area contributed by atoms with Crippen LogP contribution in [0.15, 0.2) is 60.2 Å². The van der Waals surface area contributed by atoms with Crippen LogP contribution in [0.5, 0.6) is 5.75 Å². The summed E-state index contributed by atoms with van der Waals surface area (Å²) in [4.78, 5) is 11.3. The molecule has 3 rings (SSSR count). The number of ether oxygens (including phenoxy) is 1. The van der Waals surface area contributed by atoms with Gasteiger partial charge in [-0.3, -0.25) is 4.79 Å². The maximum absolute atomic E-state index is 11.3. The summed E-state index contributed by atoms with van der Waals surface area (Å²) in [5, 5.41) is 10.3. The van der Waals surface area contributed by atoms with E-state index in [2.05, 4.69) is 0 Å². The maximum Gasteiger partial charge on any atom is 0.152 e. The molecule has 2 aromatic rings. The molecule has 0 aromatic heterocycles. The Labute approximate surface area is 110 Å². The second-order valence-electron chi connectivity index (χ2n) is 4.31. The minimum absolute atomic E-state index is 0.255. The number of carbonyl (C=O) groups excluding carboxylic acids is 1. The predicted molar refractivity (Wildman–Crippen MR) is 71.5 cm³/mol. The highest BCUT2D eigenvalue weighted by Gasteiger charge is 2.28. The number of fused-ring (bicyclic) bond motifs is 1. The Hall–Kier alpha value is -2.39. The van der Waals surface area contributed by atoms with Gasteiger partial charge >= 0.3 is 0 Å². The molecule has 1 heterocycles. The van der Waals surface area contributed by atoms with Crippen LogP contribution >= 0.6 is 0 Å². The van der Waals surface area contributed by atoms with Crippen LogP contribution in [0.2, 0.25) is 0 Å². The molecule has 0 fully saturated rings. The van der Waals surface area contributed by atoms with Crippen molar-refractivity contribution in [2.24, 2.45) is 0 Å². The normalized spacial score (nSPS) is 17.6. The van der Waals surface area contributed by atoms with Crippen molar-refractivity contribution in [1.29, 1.82) is 0 Å². The fourth-order valence-corrected chi connectivity index (χ4v) is 2.19. The van der Waals surface area contributed by atoms with Gasteiger partial charge in [-0.1, -0.05) is 48.5 Å². The summed E-state index contributed by atoms with van der Waals surface area (Å²) >= 11 is 0. The average Bonchev–Trinajstić information content (AvgIpc) is 2.48. The lowest BCUT2D eigenvalue weighted by atomic mass is 9.95. The lowest BCUT2D eigenvalue weighted by Crippen LogP contribution is -2.15. The highest BCUT2D eigenvalue weighted by molar-refractivity contribution is 5.89. The van der Waals surface area contributed by atoms with Crippen LogP contribution < -0.4 is 4.74 Å². The quantitative estimate of drug-likeness (QED) is 0.836. The van der Waals surface area contributed by atoms with E-state index in [4.69, 9.17) is 4.74 Å². The van der Waals surface area contributed by atoms with Gasteiger partial charge in [0, 0.05) is 11.1 Å². The first-order valence-electron chi connectivity index (χ1n) is 6.01. The molecule has 2 aromatic carbocycles. The largest absolute Gasteiger partial charge is 0.456 e. The van der Waals surface area contributed by atoms with E-state index in [0.29, 0.717) is 23.4 Å². The fraction of sp³-hybridized carbons (Fsp3) is 0.0625. The number of aliphatic hydroxyl groups excluding tert-OH is 1. The van der Waals surface area contributed by atoms with Crippen molar-refractivity contribution in [1.82, 2.24) is 0 Å². The van der Waals surface area contributed by atoms with Crippen LogP contribution in [0.3, 0.4) is 0 Å². The molecule has 0 spiro atoms. The van der Waals surface area contributed by atoms with Crippen molar-refractivity contribution in [3.05, 3.63) is 71.3 Å². The number of rotatable bonds is 2. The van der Waals surface area contributed by atoms with Crippen LogP contribution in [0.4, 0.5) is 0 Å². The zero-order chi connectivity index (χ0) is 13.2. The monoisotopic (exact) mass is 252 g/mol. The van der Waals surface area contributed by atoms with Crippen LogP contribution in [-0.2, 0) is 4.79 Å². The number of hydrogen-bond donors (Lipinski definition) is 1. The van der Waals surface area contributed by atoms with Crippen LogP contribution in [0, 0.1) is 0 Å². The van der Waals surface area contributed by atoms with Crippen molar-refractivity contribution in [3.63, 3.8) is 0 Å². The zero-order valence-corrected chi connectivity index (χ0v) is 10.1. The van der Waals surface area contributed by atoms with E-state index in [1.807, 2.05) is 36.4 Å². The lowest BCUT2D eigenvalue weighted by Gasteiger charge is -2.25. The Morgan fingerprint density at radius 1 is 1.00 bits per heavy atom.